The van der Waals surface area contributed by atoms with Crippen molar-refractivity contribution >= 4 is 5.91 Å². The van der Waals surface area contributed by atoms with E-state index in [-0.39, 0.29) is 23.6 Å². The minimum atomic E-state index is -0.445. The maximum absolute atomic E-state index is 13.9. The Kier molecular flexibility index (Phi) is 4.20. The maximum atomic E-state index is 13.9. The molecule has 3 nitrogen and oxygen atoms in total. The molecule has 2 rings (SSSR count). The molecule has 0 aliphatic carbocycles. The molecule has 0 bridgehead atoms. The second-order valence-electron chi connectivity index (χ2n) is 5.40. The third-order valence-electron chi connectivity index (χ3n) is 3.77. The van der Waals surface area contributed by atoms with Gasteiger partial charge in [0, 0.05) is 18.6 Å². The molecule has 0 unspecified atom stereocenters. The number of halogens is 1. The number of amides is 1. The number of hydrogen-bond donors (Lipinski definition) is 1. The van der Waals surface area contributed by atoms with Crippen molar-refractivity contribution in [3.63, 3.8) is 0 Å². The van der Waals surface area contributed by atoms with Gasteiger partial charge in [0.05, 0.1) is 5.56 Å². The summed E-state index contributed by atoms with van der Waals surface area (Å²) in [5, 5.41) is 0. The van der Waals surface area contributed by atoms with E-state index in [9.17, 15) is 9.18 Å². The van der Waals surface area contributed by atoms with Crippen LogP contribution in [0.25, 0.3) is 0 Å². The SMILES string of the molecule is Cc1ccc(C(=O)N2CCCC[C@@H]2[C@@H](C)N)c(F)c1. The normalized spacial score (nSPS) is 21.3. The second-order valence-corrected chi connectivity index (χ2v) is 5.40. The van der Waals surface area contributed by atoms with Gasteiger partial charge in [-0.25, -0.2) is 4.39 Å². The second kappa shape index (κ2) is 5.70. The first-order chi connectivity index (χ1) is 9.00. The van der Waals surface area contributed by atoms with Crippen LogP contribution in [0.15, 0.2) is 18.2 Å². The number of piperidine rings is 1. The van der Waals surface area contributed by atoms with Crippen LogP contribution in [0.4, 0.5) is 4.39 Å². The number of carbonyl (C=O) groups is 1. The molecule has 2 atom stereocenters. The molecule has 2 N–H and O–H groups in total. The molecular weight excluding hydrogens is 243 g/mol. The Morgan fingerprint density at radius 1 is 1.47 bits per heavy atom. The number of hydrogen-bond acceptors (Lipinski definition) is 2. The highest BCUT2D eigenvalue weighted by Crippen LogP contribution is 2.22. The van der Waals surface area contributed by atoms with Gasteiger partial charge in [-0.1, -0.05) is 6.07 Å². The molecule has 1 amide bonds. The molecule has 1 heterocycles. The molecule has 0 spiro atoms. The summed E-state index contributed by atoms with van der Waals surface area (Å²) in [6, 6.07) is 4.67. The lowest BCUT2D eigenvalue weighted by molar-refractivity contribution is 0.0579. The van der Waals surface area contributed by atoms with Crippen LogP contribution in [0.5, 0.6) is 0 Å². The molecule has 1 fully saturated rings. The number of carbonyl (C=O) groups excluding carboxylic acids is 1. The number of benzene rings is 1. The van der Waals surface area contributed by atoms with Crippen LogP contribution in [-0.2, 0) is 0 Å². The van der Waals surface area contributed by atoms with Crippen molar-refractivity contribution in [2.45, 2.75) is 45.2 Å². The Hall–Kier alpha value is -1.42. The molecule has 1 saturated heterocycles. The van der Waals surface area contributed by atoms with E-state index in [0.717, 1.165) is 24.8 Å². The van der Waals surface area contributed by atoms with Crippen LogP contribution >= 0.6 is 0 Å². The first kappa shape index (κ1) is 14.0. The van der Waals surface area contributed by atoms with Crippen LogP contribution in [-0.4, -0.2) is 29.4 Å². The molecular formula is C15H21FN2O. The average Bonchev–Trinajstić information content (AvgIpc) is 2.38. The zero-order valence-electron chi connectivity index (χ0n) is 11.5. The summed E-state index contributed by atoms with van der Waals surface area (Å²) in [6.45, 7) is 4.38. The summed E-state index contributed by atoms with van der Waals surface area (Å²) < 4.78 is 13.9. The standard InChI is InChI=1S/C15H21FN2O/c1-10-6-7-12(13(16)9-10)15(19)18-8-4-3-5-14(18)11(2)17/h6-7,9,11,14H,3-5,8,17H2,1-2H3/t11-,14-/m1/s1. The highest BCUT2D eigenvalue weighted by molar-refractivity contribution is 5.94. The van der Waals surface area contributed by atoms with Gasteiger partial charge in [0.2, 0.25) is 0 Å². The van der Waals surface area contributed by atoms with Crippen molar-refractivity contribution in [2.75, 3.05) is 6.54 Å². The van der Waals surface area contributed by atoms with Gasteiger partial charge in [0.15, 0.2) is 0 Å². The summed E-state index contributed by atoms with van der Waals surface area (Å²) in [6.07, 6.45) is 2.94. The van der Waals surface area contributed by atoms with Crippen LogP contribution in [0, 0.1) is 12.7 Å². The van der Waals surface area contributed by atoms with Crippen molar-refractivity contribution in [1.82, 2.24) is 4.90 Å². The van der Waals surface area contributed by atoms with Crippen molar-refractivity contribution < 1.29 is 9.18 Å². The van der Waals surface area contributed by atoms with Crippen molar-refractivity contribution in [3.8, 4) is 0 Å². The summed E-state index contributed by atoms with van der Waals surface area (Å²) in [4.78, 5) is 14.2. The molecule has 19 heavy (non-hydrogen) atoms. The third kappa shape index (κ3) is 2.95. The summed E-state index contributed by atoms with van der Waals surface area (Å²) >= 11 is 0. The van der Waals surface area contributed by atoms with E-state index in [0.29, 0.717) is 6.54 Å². The Morgan fingerprint density at radius 3 is 2.84 bits per heavy atom. The van der Waals surface area contributed by atoms with Gasteiger partial charge in [-0.3, -0.25) is 4.79 Å². The Bertz CT molecular complexity index is 473. The molecule has 4 heteroatoms. The first-order valence-corrected chi connectivity index (χ1v) is 6.83. The van der Waals surface area contributed by atoms with Crippen molar-refractivity contribution in [3.05, 3.63) is 35.1 Å². The fourth-order valence-electron chi connectivity index (χ4n) is 2.70. The molecule has 104 valence electrons. The fraction of sp³-hybridized carbons (Fsp3) is 0.533. The van der Waals surface area contributed by atoms with Crippen LogP contribution in [0.2, 0.25) is 0 Å². The van der Waals surface area contributed by atoms with Gasteiger partial charge in [0.1, 0.15) is 5.82 Å². The van der Waals surface area contributed by atoms with E-state index in [4.69, 9.17) is 5.73 Å². The first-order valence-electron chi connectivity index (χ1n) is 6.83. The lowest BCUT2D eigenvalue weighted by atomic mass is 9.96. The fourth-order valence-corrected chi connectivity index (χ4v) is 2.70. The third-order valence-corrected chi connectivity index (χ3v) is 3.77. The minimum absolute atomic E-state index is 0.0157. The number of nitrogens with two attached hydrogens (primary N) is 1. The largest absolute Gasteiger partial charge is 0.334 e. The number of likely N-dealkylation sites (tertiary alicyclic amines) is 1. The van der Waals surface area contributed by atoms with E-state index >= 15 is 0 Å². The Morgan fingerprint density at radius 2 is 2.21 bits per heavy atom. The summed E-state index contributed by atoms with van der Waals surface area (Å²) in [7, 11) is 0. The molecule has 0 radical (unpaired) electrons. The zero-order chi connectivity index (χ0) is 14.0. The van der Waals surface area contributed by atoms with Gasteiger partial charge in [-0.05, 0) is 50.8 Å². The van der Waals surface area contributed by atoms with Crippen molar-refractivity contribution in [2.24, 2.45) is 5.73 Å². The number of nitrogens with zero attached hydrogens (tertiary/aromatic N) is 1. The highest BCUT2D eigenvalue weighted by atomic mass is 19.1. The smallest absolute Gasteiger partial charge is 0.257 e. The van der Waals surface area contributed by atoms with Crippen LogP contribution in [0.3, 0.4) is 0 Å². The lowest BCUT2D eigenvalue weighted by Gasteiger charge is -2.38. The van der Waals surface area contributed by atoms with Gasteiger partial charge in [0.25, 0.3) is 5.91 Å². The molecule has 1 aliphatic rings. The van der Waals surface area contributed by atoms with E-state index in [1.54, 1.807) is 17.0 Å². The average molecular weight is 264 g/mol. The predicted molar refractivity (Wildman–Crippen MR) is 73.5 cm³/mol. The molecule has 1 aliphatic heterocycles. The molecule has 0 aromatic heterocycles. The zero-order valence-corrected chi connectivity index (χ0v) is 11.5. The number of aryl methyl sites for hydroxylation is 1. The summed E-state index contributed by atoms with van der Waals surface area (Å²) in [5.74, 6) is -0.682. The monoisotopic (exact) mass is 264 g/mol. The predicted octanol–water partition coefficient (Wildman–Crippen LogP) is 2.48. The van der Waals surface area contributed by atoms with E-state index in [1.807, 2.05) is 13.8 Å². The van der Waals surface area contributed by atoms with E-state index in [2.05, 4.69) is 0 Å². The van der Waals surface area contributed by atoms with Crippen LogP contribution in [0.1, 0.15) is 42.1 Å². The minimum Gasteiger partial charge on any atom is -0.334 e. The maximum Gasteiger partial charge on any atom is 0.257 e. The molecule has 1 aromatic carbocycles. The summed E-state index contributed by atoms with van der Waals surface area (Å²) in [5.41, 5.74) is 6.92. The molecule has 1 aromatic rings. The Labute approximate surface area is 113 Å². The Balaban J connectivity index is 2.26. The van der Waals surface area contributed by atoms with Gasteiger partial charge < -0.3 is 10.6 Å². The quantitative estimate of drug-likeness (QED) is 0.892. The topological polar surface area (TPSA) is 46.3 Å². The van der Waals surface area contributed by atoms with Gasteiger partial charge in [-0.15, -0.1) is 0 Å². The van der Waals surface area contributed by atoms with Crippen molar-refractivity contribution in [1.29, 1.82) is 0 Å². The van der Waals surface area contributed by atoms with E-state index in [1.165, 1.54) is 6.07 Å². The van der Waals surface area contributed by atoms with E-state index < -0.39 is 5.82 Å². The van der Waals surface area contributed by atoms with Gasteiger partial charge >= 0.3 is 0 Å². The lowest BCUT2D eigenvalue weighted by Crippen LogP contribution is -2.51. The molecule has 0 saturated carbocycles. The van der Waals surface area contributed by atoms with Crippen LogP contribution < -0.4 is 5.73 Å². The number of rotatable bonds is 2. The highest BCUT2D eigenvalue weighted by Gasteiger charge is 2.30. The van der Waals surface area contributed by atoms with Gasteiger partial charge in [-0.2, -0.15) is 0 Å².